The highest BCUT2D eigenvalue weighted by Crippen LogP contribution is 2.28. The number of aromatic nitrogens is 2. The summed E-state index contributed by atoms with van der Waals surface area (Å²) in [4.78, 5) is 14.0. The van der Waals surface area contributed by atoms with Crippen LogP contribution in [0.15, 0.2) is 33.5 Å². The number of furan rings is 1. The molecule has 1 fully saturated rings. The summed E-state index contributed by atoms with van der Waals surface area (Å²) in [7, 11) is 1.76. The predicted octanol–water partition coefficient (Wildman–Crippen LogP) is 3.63. The van der Waals surface area contributed by atoms with Gasteiger partial charge in [-0.2, -0.15) is 5.10 Å². The standard InChI is InChI=1S/C15H18BrN3O2/c1-18(10-12-6-7-14(16)21-12)15(20)13-8-9-19(17-13)11-4-2-3-5-11/h6-9,11H,2-5,10H2,1H3. The quantitative estimate of drug-likeness (QED) is 0.844. The van der Waals surface area contributed by atoms with Crippen LogP contribution in [0.4, 0.5) is 0 Å². The molecule has 0 aliphatic heterocycles. The van der Waals surface area contributed by atoms with E-state index in [4.69, 9.17) is 4.42 Å². The van der Waals surface area contributed by atoms with Gasteiger partial charge in [-0.25, -0.2) is 0 Å². The van der Waals surface area contributed by atoms with Crippen molar-refractivity contribution in [2.45, 2.75) is 38.3 Å². The zero-order valence-electron chi connectivity index (χ0n) is 12.0. The van der Waals surface area contributed by atoms with Gasteiger partial charge >= 0.3 is 0 Å². The van der Waals surface area contributed by atoms with E-state index >= 15 is 0 Å². The lowest BCUT2D eigenvalue weighted by Gasteiger charge is -2.14. The number of amides is 1. The van der Waals surface area contributed by atoms with Crippen LogP contribution in [0.5, 0.6) is 0 Å². The van der Waals surface area contributed by atoms with Gasteiger partial charge in [-0.3, -0.25) is 9.48 Å². The van der Waals surface area contributed by atoms with Crippen molar-refractivity contribution < 1.29 is 9.21 Å². The third-order valence-electron chi connectivity index (χ3n) is 3.89. The largest absolute Gasteiger partial charge is 0.452 e. The van der Waals surface area contributed by atoms with E-state index in [9.17, 15) is 4.79 Å². The Morgan fingerprint density at radius 2 is 2.19 bits per heavy atom. The average molecular weight is 352 g/mol. The highest BCUT2D eigenvalue weighted by atomic mass is 79.9. The van der Waals surface area contributed by atoms with Crippen molar-refractivity contribution in [3.63, 3.8) is 0 Å². The van der Waals surface area contributed by atoms with E-state index in [2.05, 4.69) is 21.0 Å². The van der Waals surface area contributed by atoms with Gasteiger partial charge in [-0.05, 0) is 47.0 Å². The fraction of sp³-hybridized carbons (Fsp3) is 0.467. The predicted molar refractivity (Wildman–Crippen MR) is 81.9 cm³/mol. The van der Waals surface area contributed by atoms with Crippen molar-refractivity contribution >= 4 is 21.8 Å². The Kier molecular flexibility index (Phi) is 4.14. The first kappa shape index (κ1) is 14.4. The molecule has 0 unspecified atom stereocenters. The molecule has 0 N–H and O–H groups in total. The maximum atomic E-state index is 12.4. The molecular weight excluding hydrogens is 334 g/mol. The molecule has 0 aromatic carbocycles. The maximum absolute atomic E-state index is 12.4. The first-order valence-corrected chi connectivity index (χ1v) is 7.97. The summed E-state index contributed by atoms with van der Waals surface area (Å²) in [5, 5.41) is 4.45. The van der Waals surface area contributed by atoms with Crippen LogP contribution >= 0.6 is 15.9 Å². The lowest BCUT2D eigenvalue weighted by Crippen LogP contribution is -2.26. The Morgan fingerprint density at radius 1 is 1.43 bits per heavy atom. The Balaban J connectivity index is 1.66. The van der Waals surface area contributed by atoms with Gasteiger partial charge < -0.3 is 9.32 Å². The number of carbonyl (C=O) groups is 1. The van der Waals surface area contributed by atoms with Gasteiger partial charge in [0.15, 0.2) is 4.67 Å². The molecule has 0 radical (unpaired) electrons. The number of carbonyl (C=O) groups excluding carboxylic acids is 1. The molecule has 5 nitrogen and oxygen atoms in total. The number of hydrogen-bond donors (Lipinski definition) is 0. The molecule has 2 aromatic heterocycles. The van der Waals surface area contributed by atoms with Gasteiger partial charge in [0.1, 0.15) is 11.5 Å². The van der Waals surface area contributed by atoms with Crippen molar-refractivity contribution in [1.82, 2.24) is 14.7 Å². The fourth-order valence-corrected chi connectivity index (χ4v) is 3.10. The minimum absolute atomic E-state index is 0.0840. The lowest BCUT2D eigenvalue weighted by molar-refractivity contribution is 0.0768. The Morgan fingerprint density at radius 3 is 2.86 bits per heavy atom. The summed E-state index contributed by atoms with van der Waals surface area (Å²) in [6.07, 6.45) is 6.74. The third kappa shape index (κ3) is 3.20. The van der Waals surface area contributed by atoms with Crippen molar-refractivity contribution in [3.8, 4) is 0 Å². The van der Waals surface area contributed by atoms with Gasteiger partial charge in [0.25, 0.3) is 5.91 Å². The molecule has 2 heterocycles. The molecule has 1 aliphatic carbocycles. The topological polar surface area (TPSA) is 51.3 Å². The number of hydrogen-bond acceptors (Lipinski definition) is 3. The van der Waals surface area contributed by atoms with Crippen molar-refractivity contribution in [1.29, 1.82) is 0 Å². The van der Waals surface area contributed by atoms with Crippen LogP contribution in [0.2, 0.25) is 0 Å². The van der Waals surface area contributed by atoms with Crippen molar-refractivity contribution in [2.24, 2.45) is 0 Å². The second kappa shape index (κ2) is 6.05. The number of halogens is 1. The Bertz CT molecular complexity index is 628. The molecule has 2 aromatic rings. The summed E-state index contributed by atoms with van der Waals surface area (Å²) >= 11 is 3.26. The minimum atomic E-state index is -0.0840. The van der Waals surface area contributed by atoms with Gasteiger partial charge in [-0.15, -0.1) is 0 Å². The molecule has 0 spiro atoms. The molecule has 0 atom stereocenters. The second-order valence-corrected chi connectivity index (χ2v) is 6.27. The SMILES string of the molecule is CN(Cc1ccc(Br)o1)C(=O)c1ccn(C2CCCC2)n1. The van der Waals surface area contributed by atoms with E-state index in [0.717, 1.165) is 18.6 Å². The van der Waals surface area contributed by atoms with Crippen LogP contribution in [0.25, 0.3) is 0 Å². The summed E-state index contributed by atoms with van der Waals surface area (Å²) in [6, 6.07) is 5.93. The number of nitrogens with zero attached hydrogens (tertiary/aromatic N) is 3. The maximum Gasteiger partial charge on any atom is 0.274 e. The molecule has 112 valence electrons. The van der Waals surface area contributed by atoms with Crippen LogP contribution in [0.3, 0.4) is 0 Å². The summed E-state index contributed by atoms with van der Waals surface area (Å²) < 4.78 is 8.04. The Hall–Kier alpha value is -1.56. The smallest absolute Gasteiger partial charge is 0.274 e. The van der Waals surface area contributed by atoms with E-state index in [0.29, 0.717) is 23.0 Å². The van der Waals surface area contributed by atoms with E-state index in [1.165, 1.54) is 12.8 Å². The normalized spacial score (nSPS) is 15.5. The van der Waals surface area contributed by atoms with Crippen LogP contribution in [-0.4, -0.2) is 27.6 Å². The van der Waals surface area contributed by atoms with Gasteiger partial charge in [-0.1, -0.05) is 12.8 Å². The summed E-state index contributed by atoms with van der Waals surface area (Å²) in [6.45, 7) is 0.431. The molecule has 21 heavy (non-hydrogen) atoms. The van der Waals surface area contributed by atoms with Gasteiger partial charge in [0.05, 0.1) is 12.6 Å². The lowest BCUT2D eigenvalue weighted by atomic mass is 10.3. The van der Waals surface area contributed by atoms with Crippen LogP contribution in [0.1, 0.15) is 48.0 Å². The number of rotatable bonds is 4. The molecule has 1 amide bonds. The average Bonchev–Trinajstić information content (AvgIpc) is 3.18. The van der Waals surface area contributed by atoms with E-state index in [1.807, 2.05) is 23.0 Å². The molecule has 0 saturated heterocycles. The van der Waals surface area contributed by atoms with E-state index < -0.39 is 0 Å². The molecule has 6 heteroatoms. The van der Waals surface area contributed by atoms with Crippen LogP contribution < -0.4 is 0 Å². The molecule has 0 bridgehead atoms. The molecular formula is C15H18BrN3O2. The zero-order chi connectivity index (χ0) is 14.8. The summed E-state index contributed by atoms with van der Waals surface area (Å²) in [5.41, 5.74) is 0.495. The van der Waals surface area contributed by atoms with Crippen molar-refractivity contribution in [3.05, 3.63) is 40.5 Å². The van der Waals surface area contributed by atoms with Crippen LogP contribution in [0, 0.1) is 0 Å². The van der Waals surface area contributed by atoms with Gasteiger partial charge in [0.2, 0.25) is 0 Å². The second-order valence-electron chi connectivity index (χ2n) is 5.49. The highest BCUT2D eigenvalue weighted by Gasteiger charge is 2.21. The molecule has 1 saturated carbocycles. The fourth-order valence-electron chi connectivity index (χ4n) is 2.76. The van der Waals surface area contributed by atoms with E-state index in [1.54, 1.807) is 18.0 Å². The van der Waals surface area contributed by atoms with Crippen LogP contribution in [-0.2, 0) is 6.54 Å². The van der Waals surface area contributed by atoms with Crippen molar-refractivity contribution in [2.75, 3.05) is 7.05 Å². The summed E-state index contributed by atoms with van der Waals surface area (Å²) in [5.74, 6) is 0.659. The third-order valence-corrected chi connectivity index (χ3v) is 4.32. The highest BCUT2D eigenvalue weighted by molar-refractivity contribution is 9.10. The van der Waals surface area contributed by atoms with Gasteiger partial charge in [0, 0.05) is 13.2 Å². The zero-order valence-corrected chi connectivity index (χ0v) is 13.5. The Labute approximate surface area is 132 Å². The molecule has 1 aliphatic rings. The first-order chi connectivity index (χ1) is 10.1. The monoisotopic (exact) mass is 351 g/mol. The first-order valence-electron chi connectivity index (χ1n) is 7.18. The minimum Gasteiger partial charge on any atom is -0.452 e. The van der Waals surface area contributed by atoms with E-state index in [-0.39, 0.29) is 5.91 Å². The molecule has 3 rings (SSSR count).